The van der Waals surface area contributed by atoms with Gasteiger partial charge in [-0.05, 0) is 12.8 Å². The minimum Gasteiger partial charge on any atom is -0.412 e. The van der Waals surface area contributed by atoms with Gasteiger partial charge in [0.15, 0.2) is 5.96 Å². The van der Waals surface area contributed by atoms with Gasteiger partial charge in [-0.3, -0.25) is 5.41 Å². The van der Waals surface area contributed by atoms with Crippen LogP contribution in [-0.2, 0) is 9.08 Å². The number of guanidine groups is 1. The van der Waals surface area contributed by atoms with Crippen LogP contribution in [0.15, 0.2) is 0 Å². The second kappa shape index (κ2) is 8.54. The molecule has 0 aromatic rings. The van der Waals surface area contributed by atoms with Crippen molar-refractivity contribution >= 4 is 23.8 Å². The molecule has 0 aliphatic rings. The number of halogens is 1. The van der Waals surface area contributed by atoms with Crippen LogP contribution in [0.3, 0.4) is 0 Å². The van der Waals surface area contributed by atoms with Crippen molar-refractivity contribution in [2.45, 2.75) is 18.9 Å². The molecule has 84 valence electrons. The number of hydrogen-bond donors (Lipinski definition) is 4. The zero-order chi connectivity index (χ0) is 10.3. The fourth-order valence-electron chi connectivity index (χ4n) is 0.720. The molecule has 8 heteroatoms. The Hall–Kier alpha value is -1.05. The van der Waals surface area contributed by atoms with Crippen LogP contribution in [0.5, 0.6) is 0 Å². The first-order valence-corrected chi connectivity index (χ1v) is 4.04. The fourth-order valence-corrected chi connectivity index (χ4v) is 0.835. The third kappa shape index (κ3) is 7.59. The van der Waals surface area contributed by atoms with E-state index in [4.69, 9.17) is 28.7 Å². The summed E-state index contributed by atoms with van der Waals surface area (Å²) in [5.74, 6) is -0.752. The van der Waals surface area contributed by atoms with Crippen LogP contribution in [0.4, 0.5) is 0 Å². The molecule has 14 heavy (non-hydrogen) atoms. The average molecular weight is 227 g/mol. The van der Waals surface area contributed by atoms with Gasteiger partial charge in [0.25, 0.3) is 0 Å². The number of carbonyl (C=O) groups excluding carboxylic acids is 1. The molecule has 0 fully saturated rings. The first kappa shape index (κ1) is 15.4. The Bertz CT molecular complexity index is 190. The predicted molar refractivity (Wildman–Crippen MR) is 52.7 cm³/mol. The van der Waals surface area contributed by atoms with Gasteiger partial charge in [0, 0.05) is 6.54 Å². The first-order valence-electron chi connectivity index (χ1n) is 3.74. The SMILES string of the molecule is N=C(N)NCCC[C@H](N)C(=O)OCl.O. The first-order chi connectivity index (χ1) is 6.07. The third-order valence-corrected chi connectivity index (χ3v) is 1.54. The average Bonchev–Trinajstić information content (AvgIpc) is 2.10. The molecule has 8 N–H and O–H groups in total. The van der Waals surface area contributed by atoms with Gasteiger partial charge in [0.1, 0.15) is 17.9 Å². The molecule has 0 saturated carbocycles. The molecule has 1 atom stereocenters. The van der Waals surface area contributed by atoms with Gasteiger partial charge in [-0.2, -0.15) is 0 Å². The van der Waals surface area contributed by atoms with Crippen molar-refractivity contribution in [2.75, 3.05) is 6.54 Å². The van der Waals surface area contributed by atoms with Crippen LogP contribution in [-0.4, -0.2) is 30.0 Å². The third-order valence-electron chi connectivity index (χ3n) is 1.39. The molecule has 0 radical (unpaired) electrons. The topological polar surface area (TPSA) is 146 Å². The number of rotatable bonds is 5. The van der Waals surface area contributed by atoms with Gasteiger partial charge >= 0.3 is 5.97 Å². The monoisotopic (exact) mass is 226 g/mol. The summed E-state index contributed by atoms with van der Waals surface area (Å²) < 4.78 is 3.91. The molecule has 0 bridgehead atoms. The Morgan fingerprint density at radius 2 is 2.21 bits per heavy atom. The molecule has 0 spiro atoms. The molecular weight excluding hydrogens is 212 g/mol. The van der Waals surface area contributed by atoms with Gasteiger partial charge in [-0.15, -0.1) is 0 Å². The van der Waals surface area contributed by atoms with E-state index in [9.17, 15) is 4.79 Å². The van der Waals surface area contributed by atoms with Crippen LogP contribution in [0, 0.1) is 5.41 Å². The minimum atomic E-state index is -0.716. The van der Waals surface area contributed by atoms with E-state index in [0.717, 1.165) is 0 Å². The fraction of sp³-hybridized carbons (Fsp3) is 0.667. The Kier molecular flexibility index (Phi) is 9.41. The van der Waals surface area contributed by atoms with Gasteiger partial charge in [-0.1, -0.05) is 0 Å². The molecule has 0 heterocycles. The van der Waals surface area contributed by atoms with E-state index in [1.165, 1.54) is 0 Å². The molecule has 7 nitrogen and oxygen atoms in total. The van der Waals surface area contributed by atoms with Crippen molar-refractivity contribution in [2.24, 2.45) is 11.5 Å². The van der Waals surface area contributed by atoms with Crippen molar-refractivity contribution < 1.29 is 14.6 Å². The molecule has 0 saturated heterocycles. The Balaban J connectivity index is 0. The molecule has 0 aliphatic heterocycles. The highest BCUT2D eigenvalue weighted by molar-refractivity contribution is 6.13. The predicted octanol–water partition coefficient (Wildman–Crippen LogP) is -1.55. The van der Waals surface area contributed by atoms with E-state index in [1.807, 2.05) is 0 Å². The summed E-state index contributed by atoms with van der Waals surface area (Å²) in [7, 11) is 0. The van der Waals surface area contributed by atoms with Crippen molar-refractivity contribution in [3.8, 4) is 0 Å². The highest BCUT2D eigenvalue weighted by Gasteiger charge is 2.13. The van der Waals surface area contributed by atoms with E-state index in [0.29, 0.717) is 19.4 Å². The van der Waals surface area contributed by atoms with Crippen molar-refractivity contribution in [3.05, 3.63) is 0 Å². The highest BCUT2D eigenvalue weighted by atomic mass is 35.5. The van der Waals surface area contributed by atoms with Crippen LogP contribution in [0.25, 0.3) is 0 Å². The maximum atomic E-state index is 10.7. The number of nitrogens with one attached hydrogen (secondary N) is 2. The Morgan fingerprint density at radius 3 is 2.64 bits per heavy atom. The van der Waals surface area contributed by atoms with Gasteiger partial charge in [-0.25, -0.2) is 4.79 Å². The quantitative estimate of drug-likeness (QED) is 0.255. The number of hydrogen-bond acceptors (Lipinski definition) is 4. The minimum absolute atomic E-state index is 0. The maximum Gasteiger partial charge on any atom is 0.341 e. The Labute approximate surface area is 86.7 Å². The zero-order valence-corrected chi connectivity index (χ0v) is 8.30. The van der Waals surface area contributed by atoms with Gasteiger partial charge in [0.05, 0.1) is 0 Å². The summed E-state index contributed by atoms with van der Waals surface area (Å²) in [6.45, 7) is 0.499. The highest BCUT2D eigenvalue weighted by Crippen LogP contribution is 1.97. The van der Waals surface area contributed by atoms with E-state index in [-0.39, 0.29) is 11.4 Å². The van der Waals surface area contributed by atoms with E-state index in [2.05, 4.69) is 9.61 Å². The van der Waals surface area contributed by atoms with Crippen molar-refractivity contribution in [3.63, 3.8) is 0 Å². The molecule has 0 aromatic carbocycles. The van der Waals surface area contributed by atoms with Crippen LogP contribution in [0.1, 0.15) is 12.8 Å². The molecule has 0 unspecified atom stereocenters. The number of nitrogens with two attached hydrogens (primary N) is 2. The number of carbonyl (C=O) groups is 1. The lowest BCUT2D eigenvalue weighted by molar-refractivity contribution is -0.135. The van der Waals surface area contributed by atoms with Crippen LogP contribution >= 0.6 is 11.9 Å². The Morgan fingerprint density at radius 1 is 1.64 bits per heavy atom. The van der Waals surface area contributed by atoms with Crippen molar-refractivity contribution in [1.82, 2.24) is 5.32 Å². The molecular formula is C6H15ClN4O3. The molecule has 0 rings (SSSR count). The lowest BCUT2D eigenvalue weighted by Crippen LogP contribution is -2.34. The summed E-state index contributed by atoms with van der Waals surface area (Å²) in [5, 5.41) is 9.40. The van der Waals surface area contributed by atoms with Crippen LogP contribution < -0.4 is 16.8 Å². The maximum absolute atomic E-state index is 10.7. The van der Waals surface area contributed by atoms with Gasteiger partial charge in [0.2, 0.25) is 0 Å². The largest absolute Gasteiger partial charge is 0.412 e. The van der Waals surface area contributed by atoms with E-state index < -0.39 is 12.0 Å². The zero-order valence-electron chi connectivity index (χ0n) is 7.55. The van der Waals surface area contributed by atoms with Crippen LogP contribution in [0.2, 0.25) is 0 Å². The molecule has 0 amide bonds. The molecule has 0 aromatic heterocycles. The summed E-state index contributed by atoms with van der Waals surface area (Å²) in [6, 6.07) is -0.716. The lowest BCUT2D eigenvalue weighted by Gasteiger charge is -2.07. The second-order valence-electron chi connectivity index (χ2n) is 2.49. The lowest BCUT2D eigenvalue weighted by atomic mass is 10.2. The second-order valence-corrected chi connectivity index (χ2v) is 2.64. The van der Waals surface area contributed by atoms with Gasteiger partial charge < -0.3 is 26.5 Å². The van der Waals surface area contributed by atoms with E-state index in [1.54, 1.807) is 0 Å². The summed E-state index contributed by atoms with van der Waals surface area (Å²) >= 11 is 4.81. The normalized spacial score (nSPS) is 11.0. The summed E-state index contributed by atoms with van der Waals surface area (Å²) in [5.41, 5.74) is 10.4. The van der Waals surface area contributed by atoms with E-state index >= 15 is 0 Å². The van der Waals surface area contributed by atoms with Crippen molar-refractivity contribution in [1.29, 1.82) is 5.41 Å². The standard InChI is InChI=1S/C6H13ClN4O2.H2O/c7-13-5(12)4(8)2-1-3-11-6(9)10;/h4H,1-3,8H2,(H4,9,10,11);1H2/t4-;/m0./s1. The summed E-state index contributed by atoms with van der Waals surface area (Å²) in [4.78, 5) is 10.7. The smallest absolute Gasteiger partial charge is 0.341 e. The molecule has 0 aliphatic carbocycles. The summed E-state index contributed by atoms with van der Waals surface area (Å²) in [6.07, 6.45) is 1.05.